The Morgan fingerprint density at radius 2 is 1.42 bits per heavy atom. The highest BCUT2D eigenvalue weighted by Crippen LogP contribution is 2.30. The van der Waals surface area contributed by atoms with E-state index in [4.69, 9.17) is 0 Å². The van der Waals surface area contributed by atoms with Crippen molar-refractivity contribution in [2.75, 3.05) is 32.7 Å². The summed E-state index contributed by atoms with van der Waals surface area (Å²) in [4.78, 5) is 17.7. The van der Waals surface area contributed by atoms with Crippen LogP contribution >= 0.6 is 0 Å². The van der Waals surface area contributed by atoms with Crippen molar-refractivity contribution in [1.29, 1.82) is 0 Å². The molecular formula is C29H33N3O. The summed E-state index contributed by atoms with van der Waals surface area (Å²) >= 11 is 0. The van der Waals surface area contributed by atoms with Crippen LogP contribution in [0.4, 0.5) is 0 Å². The molecule has 3 aromatic rings. The van der Waals surface area contributed by atoms with E-state index in [9.17, 15) is 4.79 Å². The molecule has 3 aromatic carbocycles. The number of aryl methyl sites for hydroxylation is 1. The first-order valence-corrected chi connectivity index (χ1v) is 12.2. The fraction of sp³-hybridized carbons (Fsp3) is 0.345. The zero-order valence-electron chi connectivity index (χ0n) is 19.2. The Morgan fingerprint density at radius 3 is 2.09 bits per heavy atom. The molecule has 1 saturated heterocycles. The minimum Gasteiger partial charge on any atom is -0.348 e. The zero-order valence-corrected chi connectivity index (χ0v) is 19.2. The fourth-order valence-corrected chi connectivity index (χ4v) is 5.41. The second-order valence-electron chi connectivity index (χ2n) is 9.25. The quantitative estimate of drug-likeness (QED) is 0.610. The van der Waals surface area contributed by atoms with Gasteiger partial charge in [-0.1, -0.05) is 84.9 Å². The fourth-order valence-electron chi connectivity index (χ4n) is 5.41. The Bertz CT molecular complexity index is 1010. The lowest BCUT2D eigenvalue weighted by Gasteiger charge is -2.39. The van der Waals surface area contributed by atoms with Gasteiger partial charge in [-0.25, -0.2) is 0 Å². The van der Waals surface area contributed by atoms with Gasteiger partial charge in [0.15, 0.2) is 0 Å². The van der Waals surface area contributed by atoms with Crippen LogP contribution in [0.2, 0.25) is 0 Å². The summed E-state index contributed by atoms with van der Waals surface area (Å²) in [5.41, 5.74) is 5.34. The van der Waals surface area contributed by atoms with Gasteiger partial charge in [0.05, 0.1) is 18.6 Å². The maximum Gasteiger partial charge on any atom is 0.234 e. The summed E-state index contributed by atoms with van der Waals surface area (Å²) in [6.45, 7) is 4.20. The van der Waals surface area contributed by atoms with Crippen molar-refractivity contribution in [2.24, 2.45) is 0 Å². The summed E-state index contributed by atoms with van der Waals surface area (Å²) in [5.74, 6) is 0.146. The number of hydrogen-bond donors (Lipinski definition) is 1. The molecule has 4 nitrogen and oxygen atoms in total. The molecule has 0 spiro atoms. The number of carbonyl (C=O) groups excluding carboxylic acids is 1. The smallest absolute Gasteiger partial charge is 0.234 e. The Hall–Kier alpha value is -2.95. The summed E-state index contributed by atoms with van der Waals surface area (Å²) in [5, 5.41) is 3.31. The van der Waals surface area contributed by atoms with Crippen molar-refractivity contribution >= 4 is 5.91 Å². The topological polar surface area (TPSA) is 35.6 Å². The first-order chi connectivity index (χ1) is 16.3. The highest BCUT2D eigenvalue weighted by atomic mass is 16.2. The van der Waals surface area contributed by atoms with Gasteiger partial charge in [0.2, 0.25) is 5.91 Å². The number of hydrogen-bond acceptors (Lipinski definition) is 3. The molecule has 4 heteroatoms. The molecule has 0 saturated carbocycles. The Balaban J connectivity index is 1.20. The molecule has 1 amide bonds. The molecule has 1 fully saturated rings. The van der Waals surface area contributed by atoms with Crippen molar-refractivity contribution in [3.05, 3.63) is 107 Å². The first kappa shape index (κ1) is 21.9. The molecule has 0 aromatic heterocycles. The summed E-state index contributed by atoms with van der Waals surface area (Å²) in [7, 11) is 0. The van der Waals surface area contributed by atoms with E-state index in [1.54, 1.807) is 0 Å². The SMILES string of the molecule is O=C(CN1CCN(C(c2ccccc2)c2ccccc2)CC1)N[C@@H]1CCCc2ccccc21. The van der Waals surface area contributed by atoms with E-state index in [1.165, 1.54) is 22.3 Å². The lowest BCUT2D eigenvalue weighted by molar-refractivity contribution is -0.123. The van der Waals surface area contributed by atoms with Crippen LogP contribution in [0.1, 0.15) is 47.2 Å². The standard InChI is InChI=1S/C29H33N3O/c33-28(30-27-17-9-15-23-10-7-8-16-26(23)27)22-31-18-20-32(21-19-31)29(24-11-3-1-4-12-24)25-13-5-2-6-14-25/h1-8,10-14,16,27,29H,9,15,17-22H2,(H,30,33)/t27-/m1/s1. The van der Waals surface area contributed by atoms with Crippen LogP contribution in [0.3, 0.4) is 0 Å². The molecule has 1 atom stereocenters. The van der Waals surface area contributed by atoms with Crippen molar-refractivity contribution in [3.8, 4) is 0 Å². The number of piperazine rings is 1. The summed E-state index contributed by atoms with van der Waals surface area (Å²) < 4.78 is 0. The van der Waals surface area contributed by atoms with E-state index < -0.39 is 0 Å². The second kappa shape index (κ2) is 10.3. The molecule has 170 valence electrons. The molecule has 1 heterocycles. The molecule has 0 unspecified atom stereocenters. The number of benzene rings is 3. The van der Waals surface area contributed by atoms with Gasteiger partial charge in [-0.15, -0.1) is 0 Å². The van der Waals surface area contributed by atoms with Gasteiger partial charge in [-0.05, 0) is 41.5 Å². The monoisotopic (exact) mass is 439 g/mol. The highest BCUT2D eigenvalue weighted by molar-refractivity contribution is 5.78. The number of amides is 1. The largest absolute Gasteiger partial charge is 0.348 e. The van der Waals surface area contributed by atoms with Gasteiger partial charge in [-0.3, -0.25) is 14.6 Å². The third kappa shape index (κ3) is 5.18. The number of fused-ring (bicyclic) bond motifs is 1. The zero-order chi connectivity index (χ0) is 22.5. The van der Waals surface area contributed by atoms with Crippen LogP contribution in [-0.4, -0.2) is 48.4 Å². The van der Waals surface area contributed by atoms with Gasteiger partial charge in [0.25, 0.3) is 0 Å². The molecule has 5 rings (SSSR count). The number of nitrogens with zero attached hydrogens (tertiary/aromatic N) is 2. The van der Waals surface area contributed by atoms with Crippen LogP contribution in [0.5, 0.6) is 0 Å². The summed E-state index contributed by atoms with van der Waals surface area (Å²) in [6.07, 6.45) is 3.29. The van der Waals surface area contributed by atoms with Crippen LogP contribution < -0.4 is 5.32 Å². The van der Waals surface area contributed by atoms with E-state index in [1.807, 2.05) is 0 Å². The van der Waals surface area contributed by atoms with Crippen LogP contribution in [0, 0.1) is 0 Å². The lowest BCUT2D eigenvalue weighted by Crippen LogP contribution is -2.50. The molecule has 1 N–H and O–H groups in total. The van der Waals surface area contributed by atoms with E-state index in [0.29, 0.717) is 6.54 Å². The molecule has 0 radical (unpaired) electrons. The molecule has 33 heavy (non-hydrogen) atoms. The average molecular weight is 440 g/mol. The van der Waals surface area contributed by atoms with Crippen molar-refractivity contribution in [3.63, 3.8) is 0 Å². The van der Waals surface area contributed by atoms with Crippen molar-refractivity contribution in [1.82, 2.24) is 15.1 Å². The van der Waals surface area contributed by atoms with Crippen LogP contribution in [-0.2, 0) is 11.2 Å². The molecular weight excluding hydrogens is 406 g/mol. The van der Waals surface area contributed by atoms with E-state index in [2.05, 4.69) is 100 Å². The predicted molar refractivity (Wildman–Crippen MR) is 133 cm³/mol. The molecule has 1 aliphatic heterocycles. The van der Waals surface area contributed by atoms with E-state index in [-0.39, 0.29) is 18.0 Å². The Labute approximate surface area is 197 Å². The van der Waals surface area contributed by atoms with Gasteiger partial charge in [-0.2, -0.15) is 0 Å². The first-order valence-electron chi connectivity index (χ1n) is 12.2. The Morgan fingerprint density at radius 1 is 0.818 bits per heavy atom. The van der Waals surface area contributed by atoms with Crippen molar-refractivity contribution in [2.45, 2.75) is 31.3 Å². The third-order valence-corrected chi connectivity index (χ3v) is 7.07. The number of nitrogens with one attached hydrogen (secondary N) is 1. The third-order valence-electron chi connectivity index (χ3n) is 7.07. The van der Waals surface area contributed by atoms with E-state index >= 15 is 0 Å². The average Bonchev–Trinajstić information content (AvgIpc) is 2.87. The van der Waals surface area contributed by atoms with Gasteiger partial charge >= 0.3 is 0 Å². The minimum absolute atomic E-state index is 0.146. The van der Waals surface area contributed by atoms with Gasteiger partial charge in [0, 0.05) is 26.2 Å². The molecule has 2 aliphatic rings. The number of rotatable bonds is 6. The van der Waals surface area contributed by atoms with Crippen LogP contribution in [0.15, 0.2) is 84.9 Å². The van der Waals surface area contributed by atoms with Crippen molar-refractivity contribution < 1.29 is 4.79 Å². The maximum absolute atomic E-state index is 12.9. The predicted octanol–water partition coefficient (Wildman–Crippen LogP) is 4.59. The lowest BCUT2D eigenvalue weighted by atomic mass is 9.88. The van der Waals surface area contributed by atoms with Crippen LogP contribution in [0.25, 0.3) is 0 Å². The Kier molecular flexibility index (Phi) is 6.84. The second-order valence-corrected chi connectivity index (χ2v) is 9.25. The number of carbonyl (C=O) groups is 1. The molecule has 1 aliphatic carbocycles. The molecule has 0 bridgehead atoms. The highest BCUT2D eigenvalue weighted by Gasteiger charge is 2.28. The van der Waals surface area contributed by atoms with Gasteiger partial charge in [0.1, 0.15) is 0 Å². The maximum atomic E-state index is 12.9. The minimum atomic E-state index is 0.146. The van der Waals surface area contributed by atoms with E-state index in [0.717, 1.165) is 45.4 Å². The normalized spacial score (nSPS) is 19.2. The summed E-state index contributed by atoms with van der Waals surface area (Å²) in [6, 6.07) is 30.5. The van der Waals surface area contributed by atoms with Gasteiger partial charge < -0.3 is 5.32 Å².